The molecule has 7 nitrogen and oxygen atoms in total. The number of hydrogen-bond acceptors (Lipinski definition) is 4. The fourth-order valence-electron chi connectivity index (χ4n) is 3.17. The normalized spacial score (nSPS) is 12.2. The molecule has 1 unspecified atom stereocenters. The molecular formula is C21H24Cl2FN3O4S. The van der Waals surface area contributed by atoms with E-state index in [-0.39, 0.29) is 23.7 Å². The summed E-state index contributed by atoms with van der Waals surface area (Å²) < 4.78 is 39.8. The van der Waals surface area contributed by atoms with E-state index >= 15 is 0 Å². The molecule has 0 bridgehead atoms. The number of nitrogens with zero attached hydrogens (tertiary/aromatic N) is 2. The summed E-state index contributed by atoms with van der Waals surface area (Å²) in [6, 6.07) is 9.13. The van der Waals surface area contributed by atoms with Gasteiger partial charge in [-0.05, 0) is 36.2 Å². The van der Waals surface area contributed by atoms with Crippen LogP contribution in [-0.2, 0) is 26.2 Å². The number of likely N-dealkylation sites (N-methyl/N-ethyl adjacent to an activating group) is 1. The fraction of sp³-hybridized carbons (Fsp3) is 0.333. The quantitative estimate of drug-likeness (QED) is 0.567. The summed E-state index contributed by atoms with van der Waals surface area (Å²) in [5.74, 6) is -1.89. The van der Waals surface area contributed by atoms with Gasteiger partial charge in [0.2, 0.25) is 21.8 Å². The number of para-hydroxylation sites is 1. The second-order valence-corrected chi connectivity index (χ2v) is 9.75. The van der Waals surface area contributed by atoms with Gasteiger partial charge in [0.05, 0.1) is 22.0 Å². The lowest BCUT2D eigenvalue weighted by Gasteiger charge is -2.32. The molecule has 2 aromatic carbocycles. The predicted molar refractivity (Wildman–Crippen MR) is 124 cm³/mol. The zero-order valence-corrected chi connectivity index (χ0v) is 20.1. The highest BCUT2D eigenvalue weighted by molar-refractivity contribution is 7.92. The maximum atomic E-state index is 14.3. The van der Waals surface area contributed by atoms with Gasteiger partial charge in [0, 0.05) is 13.6 Å². The zero-order valence-electron chi connectivity index (χ0n) is 17.8. The Kier molecular flexibility index (Phi) is 8.89. The Labute approximate surface area is 197 Å². The second-order valence-electron chi connectivity index (χ2n) is 7.03. The highest BCUT2D eigenvalue weighted by atomic mass is 35.5. The first kappa shape index (κ1) is 25.9. The van der Waals surface area contributed by atoms with Crippen LogP contribution in [0.15, 0.2) is 42.5 Å². The third-order valence-electron chi connectivity index (χ3n) is 4.77. The van der Waals surface area contributed by atoms with Crippen molar-refractivity contribution in [3.05, 3.63) is 63.9 Å². The molecule has 2 aromatic rings. The molecule has 0 heterocycles. The minimum Gasteiger partial charge on any atom is -0.357 e. The number of amides is 2. The Morgan fingerprint density at radius 2 is 1.78 bits per heavy atom. The van der Waals surface area contributed by atoms with Gasteiger partial charge >= 0.3 is 0 Å². The molecule has 174 valence electrons. The van der Waals surface area contributed by atoms with Crippen molar-refractivity contribution in [3.63, 3.8) is 0 Å². The van der Waals surface area contributed by atoms with Crippen LogP contribution in [-0.4, -0.2) is 51.0 Å². The van der Waals surface area contributed by atoms with Gasteiger partial charge in [-0.1, -0.05) is 48.3 Å². The van der Waals surface area contributed by atoms with Crippen molar-refractivity contribution < 1.29 is 22.4 Å². The Morgan fingerprint density at radius 3 is 2.31 bits per heavy atom. The van der Waals surface area contributed by atoms with Crippen LogP contribution < -0.4 is 9.62 Å². The molecule has 32 heavy (non-hydrogen) atoms. The van der Waals surface area contributed by atoms with Crippen molar-refractivity contribution in [2.75, 3.05) is 24.2 Å². The molecule has 1 atom stereocenters. The number of benzene rings is 2. The monoisotopic (exact) mass is 503 g/mol. The van der Waals surface area contributed by atoms with Crippen LogP contribution in [0.3, 0.4) is 0 Å². The van der Waals surface area contributed by atoms with Gasteiger partial charge in [0.1, 0.15) is 18.4 Å². The van der Waals surface area contributed by atoms with E-state index in [0.717, 1.165) is 12.3 Å². The molecule has 0 aromatic heterocycles. The highest BCUT2D eigenvalue weighted by Gasteiger charge is 2.32. The standard InChI is InChI=1S/C21H24Cl2FN3O4S/c1-4-18(21(29)25-2)26(12-14-9-10-15(22)16(23)11-14)20(28)13-27(32(3,30)31)19-8-6-5-7-17(19)24/h5-11,18H,4,12-13H2,1-3H3,(H,25,29). The second kappa shape index (κ2) is 11.0. The minimum atomic E-state index is -4.01. The van der Waals surface area contributed by atoms with Crippen LogP contribution in [0.1, 0.15) is 18.9 Å². The zero-order chi connectivity index (χ0) is 24.1. The number of sulfonamides is 1. The van der Waals surface area contributed by atoms with E-state index in [1.165, 1.54) is 30.1 Å². The Hall–Kier alpha value is -2.36. The van der Waals surface area contributed by atoms with E-state index in [4.69, 9.17) is 23.2 Å². The summed E-state index contributed by atoms with van der Waals surface area (Å²) >= 11 is 12.0. The molecule has 0 aliphatic carbocycles. The average Bonchev–Trinajstić information content (AvgIpc) is 2.73. The molecule has 0 radical (unpaired) electrons. The van der Waals surface area contributed by atoms with Crippen LogP contribution in [0.4, 0.5) is 10.1 Å². The number of anilines is 1. The van der Waals surface area contributed by atoms with Gasteiger partial charge in [-0.15, -0.1) is 0 Å². The highest BCUT2D eigenvalue weighted by Crippen LogP contribution is 2.25. The van der Waals surface area contributed by atoms with E-state index in [0.29, 0.717) is 14.9 Å². The maximum absolute atomic E-state index is 14.3. The fourth-order valence-corrected chi connectivity index (χ4v) is 4.34. The largest absolute Gasteiger partial charge is 0.357 e. The summed E-state index contributed by atoms with van der Waals surface area (Å²) in [5.41, 5.74) is 0.331. The molecule has 1 N–H and O–H groups in total. The first-order valence-electron chi connectivity index (χ1n) is 9.66. The van der Waals surface area contributed by atoms with Crippen molar-refractivity contribution in [3.8, 4) is 0 Å². The first-order chi connectivity index (χ1) is 15.0. The molecular weight excluding hydrogens is 480 g/mol. The number of carbonyl (C=O) groups excluding carboxylic acids is 2. The van der Waals surface area contributed by atoms with Crippen molar-refractivity contribution >= 4 is 50.7 Å². The first-order valence-corrected chi connectivity index (χ1v) is 12.3. The van der Waals surface area contributed by atoms with Crippen LogP contribution >= 0.6 is 23.2 Å². The van der Waals surface area contributed by atoms with E-state index in [1.54, 1.807) is 25.1 Å². The summed E-state index contributed by atoms with van der Waals surface area (Å²) in [5, 5.41) is 3.11. The smallest absolute Gasteiger partial charge is 0.244 e. The summed E-state index contributed by atoms with van der Waals surface area (Å²) in [7, 11) is -2.57. The molecule has 11 heteroatoms. The van der Waals surface area contributed by atoms with Crippen LogP contribution in [0.5, 0.6) is 0 Å². The lowest BCUT2D eigenvalue weighted by Crippen LogP contribution is -2.51. The lowest BCUT2D eigenvalue weighted by molar-refractivity contribution is -0.140. The number of rotatable bonds is 9. The van der Waals surface area contributed by atoms with Gasteiger partial charge in [0.15, 0.2) is 0 Å². The van der Waals surface area contributed by atoms with Crippen molar-refractivity contribution in [1.82, 2.24) is 10.2 Å². The summed E-state index contributed by atoms with van der Waals surface area (Å²) in [4.78, 5) is 27.0. The molecule has 2 rings (SSSR count). The Balaban J connectivity index is 2.46. The minimum absolute atomic E-state index is 0.0312. The van der Waals surface area contributed by atoms with E-state index in [9.17, 15) is 22.4 Å². The third-order valence-corrected chi connectivity index (χ3v) is 6.64. The summed E-state index contributed by atoms with van der Waals surface area (Å²) in [6.45, 7) is 1.01. The van der Waals surface area contributed by atoms with Crippen molar-refractivity contribution in [2.24, 2.45) is 0 Å². The van der Waals surface area contributed by atoms with Gasteiger partial charge in [-0.2, -0.15) is 0 Å². The van der Waals surface area contributed by atoms with E-state index in [2.05, 4.69) is 5.32 Å². The van der Waals surface area contributed by atoms with Gasteiger partial charge in [-0.3, -0.25) is 13.9 Å². The topological polar surface area (TPSA) is 86.8 Å². The van der Waals surface area contributed by atoms with Gasteiger partial charge < -0.3 is 10.2 Å². The average molecular weight is 504 g/mol. The van der Waals surface area contributed by atoms with Gasteiger partial charge in [0.25, 0.3) is 0 Å². The molecule has 0 aliphatic heterocycles. The third kappa shape index (κ3) is 6.34. The van der Waals surface area contributed by atoms with Crippen molar-refractivity contribution in [1.29, 1.82) is 0 Å². The number of nitrogens with one attached hydrogen (secondary N) is 1. The predicted octanol–water partition coefficient (Wildman–Crippen LogP) is 3.45. The van der Waals surface area contributed by atoms with Gasteiger partial charge in [-0.25, -0.2) is 12.8 Å². The van der Waals surface area contributed by atoms with Crippen LogP contribution in [0, 0.1) is 5.82 Å². The molecule has 0 spiro atoms. The van der Waals surface area contributed by atoms with Crippen molar-refractivity contribution in [2.45, 2.75) is 25.9 Å². The molecule has 0 fully saturated rings. The molecule has 0 aliphatic rings. The Morgan fingerprint density at radius 1 is 1.12 bits per heavy atom. The number of carbonyl (C=O) groups is 2. The Bertz CT molecular complexity index is 1100. The lowest BCUT2D eigenvalue weighted by atomic mass is 10.1. The number of hydrogen-bond donors (Lipinski definition) is 1. The van der Waals surface area contributed by atoms with Crippen LogP contribution in [0.2, 0.25) is 10.0 Å². The van der Waals surface area contributed by atoms with E-state index in [1.807, 2.05) is 0 Å². The van der Waals surface area contributed by atoms with E-state index < -0.39 is 40.2 Å². The number of halogens is 3. The summed E-state index contributed by atoms with van der Waals surface area (Å²) in [6.07, 6.45) is 1.15. The molecule has 0 saturated heterocycles. The maximum Gasteiger partial charge on any atom is 0.244 e. The SMILES string of the molecule is CCC(C(=O)NC)N(Cc1ccc(Cl)c(Cl)c1)C(=O)CN(c1ccccc1F)S(C)(=O)=O. The van der Waals surface area contributed by atoms with Crippen LogP contribution in [0.25, 0.3) is 0 Å². The molecule has 0 saturated carbocycles. The molecule has 2 amide bonds.